The van der Waals surface area contributed by atoms with E-state index in [9.17, 15) is 5.11 Å². The highest BCUT2D eigenvalue weighted by Gasteiger charge is 2.06. The van der Waals surface area contributed by atoms with E-state index in [1.807, 2.05) is 66.7 Å². The van der Waals surface area contributed by atoms with Crippen molar-refractivity contribution in [3.63, 3.8) is 0 Å². The first-order valence-corrected chi connectivity index (χ1v) is 8.86. The van der Waals surface area contributed by atoms with Crippen LogP contribution in [-0.4, -0.2) is 22.1 Å². The number of fused-ring (bicyclic) bond motifs is 1. The van der Waals surface area contributed by atoms with Crippen LogP contribution in [0.2, 0.25) is 0 Å². The second-order valence-corrected chi connectivity index (χ2v) is 6.15. The molecule has 136 valence electrons. The normalized spacial score (nSPS) is 11.8. The number of hydrogen-bond donors (Lipinski definition) is 2. The number of hydrogen-bond acceptors (Lipinski definition) is 4. The van der Waals surface area contributed by atoms with E-state index >= 15 is 0 Å². The summed E-state index contributed by atoms with van der Waals surface area (Å²) in [6.07, 6.45) is 1.67. The Morgan fingerprint density at radius 2 is 1.57 bits per heavy atom. The molecule has 0 fully saturated rings. The molecule has 0 aliphatic rings. The first kappa shape index (κ1) is 17.4. The Balaban J connectivity index is 1.67. The summed E-state index contributed by atoms with van der Waals surface area (Å²) < 4.78 is 0. The molecule has 0 spiro atoms. The maximum absolute atomic E-state index is 9.38. The van der Waals surface area contributed by atoms with E-state index in [0.29, 0.717) is 11.5 Å². The van der Waals surface area contributed by atoms with Crippen molar-refractivity contribution in [2.75, 3.05) is 0 Å². The van der Waals surface area contributed by atoms with Gasteiger partial charge in [-0.25, -0.2) is 9.98 Å². The predicted molar refractivity (Wildman–Crippen MR) is 113 cm³/mol. The van der Waals surface area contributed by atoms with E-state index in [1.165, 1.54) is 0 Å². The van der Waals surface area contributed by atoms with Crippen LogP contribution in [0.1, 0.15) is 11.3 Å². The van der Waals surface area contributed by atoms with Crippen molar-refractivity contribution in [1.82, 2.24) is 10.4 Å². The summed E-state index contributed by atoms with van der Waals surface area (Å²) in [4.78, 5) is 9.38. The molecule has 0 saturated carbocycles. The lowest BCUT2D eigenvalue weighted by molar-refractivity contribution is 0.475. The van der Waals surface area contributed by atoms with Crippen molar-refractivity contribution in [3.8, 4) is 5.75 Å². The number of para-hydroxylation sites is 2. The van der Waals surface area contributed by atoms with Crippen LogP contribution in [0.4, 0.5) is 5.69 Å². The molecule has 0 amide bonds. The smallest absolute Gasteiger partial charge is 0.173 e. The molecule has 2 N–H and O–H groups in total. The van der Waals surface area contributed by atoms with Gasteiger partial charge in [-0.2, -0.15) is 5.10 Å². The highest BCUT2D eigenvalue weighted by Crippen LogP contribution is 2.15. The molecule has 3 aromatic carbocycles. The van der Waals surface area contributed by atoms with Crippen molar-refractivity contribution >= 4 is 28.6 Å². The minimum absolute atomic E-state index is 0.219. The quantitative estimate of drug-likeness (QED) is 0.314. The van der Waals surface area contributed by atoms with Gasteiger partial charge in [0.05, 0.1) is 17.4 Å². The summed E-state index contributed by atoms with van der Waals surface area (Å²) in [6, 6.07) is 28.3. The number of aromatic hydroxyl groups is 1. The van der Waals surface area contributed by atoms with Gasteiger partial charge in [-0.05, 0) is 54.1 Å². The Hall–Kier alpha value is -3.99. The van der Waals surface area contributed by atoms with E-state index in [0.717, 1.165) is 22.2 Å². The van der Waals surface area contributed by atoms with Crippen molar-refractivity contribution in [1.29, 1.82) is 0 Å². The molecule has 4 rings (SSSR count). The standard InChI is InChI=1S/C23H18N4O/c28-20-13-10-17(11-14-20)16-24-27-23(25-19-7-2-1-3-8-19)22-15-12-18-6-4-5-9-21(18)26-22/h1-16,28H,(H,25,27)/b24-16+. The molecule has 0 radical (unpaired) electrons. The molecule has 28 heavy (non-hydrogen) atoms. The van der Waals surface area contributed by atoms with E-state index < -0.39 is 0 Å². The van der Waals surface area contributed by atoms with Crippen molar-refractivity contribution < 1.29 is 5.11 Å². The zero-order chi connectivity index (χ0) is 19.2. The van der Waals surface area contributed by atoms with Crippen LogP contribution < -0.4 is 5.43 Å². The van der Waals surface area contributed by atoms with Gasteiger partial charge in [0.15, 0.2) is 5.84 Å². The number of rotatable bonds is 4. The maximum Gasteiger partial charge on any atom is 0.173 e. The minimum Gasteiger partial charge on any atom is -0.508 e. The third-order valence-corrected chi connectivity index (χ3v) is 4.12. The Kier molecular flexibility index (Phi) is 5.06. The number of phenolic OH excluding ortho intramolecular Hbond substituents is 1. The van der Waals surface area contributed by atoms with E-state index in [2.05, 4.69) is 15.5 Å². The van der Waals surface area contributed by atoms with Crippen molar-refractivity contribution in [2.45, 2.75) is 0 Å². The molecular formula is C23H18N4O. The van der Waals surface area contributed by atoms with Gasteiger partial charge in [0, 0.05) is 5.39 Å². The van der Waals surface area contributed by atoms with Crippen LogP contribution >= 0.6 is 0 Å². The number of hydrazone groups is 1. The summed E-state index contributed by atoms with van der Waals surface area (Å²) in [6.45, 7) is 0. The molecule has 0 aliphatic heterocycles. The Bertz CT molecular complexity index is 1140. The third-order valence-electron chi connectivity index (χ3n) is 4.12. The average Bonchev–Trinajstić information content (AvgIpc) is 2.75. The van der Waals surface area contributed by atoms with Gasteiger partial charge in [-0.15, -0.1) is 0 Å². The van der Waals surface area contributed by atoms with Gasteiger partial charge in [0.1, 0.15) is 11.4 Å². The van der Waals surface area contributed by atoms with Gasteiger partial charge in [0.2, 0.25) is 0 Å². The number of pyridine rings is 1. The molecule has 5 nitrogen and oxygen atoms in total. The molecule has 0 atom stereocenters. The minimum atomic E-state index is 0.219. The zero-order valence-electron chi connectivity index (χ0n) is 15.0. The second kappa shape index (κ2) is 8.14. The Morgan fingerprint density at radius 1 is 0.821 bits per heavy atom. The number of nitrogens with zero attached hydrogens (tertiary/aromatic N) is 3. The topological polar surface area (TPSA) is 69.9 Å². The molecule has 1 heterocycles. The molecule has 0 aliphatic carbocycles. The first-order chi connectivity index (χ1) is 13.8. The molecule has 1 aromatic heterocycles. The number of aliphatic imine (C=N–C) groups is 1. The highest BCUT2D eigenvalue weighted by molar-refractivity contribution is 6.00. The molecule has 0 saturated heterocycles. The van der Waals surface area contributed by atoms with Crippen molar-refractivity contribution in [2.24, 2.45) is 10.1 Å². The van der Waals surface area contributed by atoms with Gasteiger partial charge in [-0.3, -0.25) is 5.43 Å². The largest absolute Gasteiger partial charge is 0.508 e. The Morgan fingerprint density at radius 3 is 2.39 bits per heavy atom. The van der Waals surface area contributed by atoms with Gasteiger partial charge >= 0.3 is 0 Å². The summed E-state index contributed by atoms with van der Waals surface area (Å²) in [5.74, 6) is 0.767. The van der Waals surface area contributed by atoms with E-state index in [1.54, 1.807) is 30.5 Å². The number of benzene rings is 3. The summed E-state index contributed by atoms with van der Waals surface area (Å²) >= 11 is 0. The zero-order valence-corrected chi connectivity index (χ0v) is 15.0. The van der Waals surface area contributed by atoms with Crippen LogP contribution in [0.15, 0.2) is 101 Å². The molecule has 0 bridgehead atoms. The van der Waals surface area contributed by atoms with Gasteiger partial charge in [-0.1, -0.05) is 42.5 Å². The average molecular weight is 366 g/mol. The molecule has 5 heteroatoms. The maximum atomic E-state index is 9.38. The molecule has 0 unspecified atom stereocenters. The fourth-order valence-corrected chi connectivity index (χ4v) is 2.70. The number of nitrogens with one attached hydrogen (secondary N) is 1. The number of amidine groups is 1. The molecule has 4 aromatic rings. The van der Waals surface area contributed by atoms with Crippen LogP contribution in [0, 0.1) is 0 Å². The fraction of sp³-hybridized carbons (Fsp3) is 0. The predicted octanol–water partition coefficient (Wildman–Crippen LogP) is 4.64. The second-order valence-electron chi connectivity index (χ2n) is 6.15. The first-order valence-electron chi connectivity index (χ1n) is 8.86. The van der Waals surface area contributed by atoms with Gasteiger partial charge < -0.3 is 5.11 Å². The Labute approximate surface area is 162 Å². The highest BCUT2D eigenvalue weighted by atomic mass is 16.3. The third kappa shape index (κ3) is 4.22. The van der Waals surface area contributed by atoms with Crippen LogP contribution in [0.3, 0.4) is 0 Å². The monoisotopic (exact) mass is 366 g/mol. The van der Waals surface area contributed by atoms with E-state index in [-0.39, 0.29) is 5.75 Å². The summed E-state index contributed by atoms with van der Waals surface area (Å²) in [7, 11) is 0. The number of phenols is 1. The number of aromatic nitrogens is 1. The SMILES string of the molecule is Oc1ccc(/C=N/NC(=Nc2ccccc2)c2ccc3ccccc3n2)cc1. The lowest BCUT2D eigenvalue weighted by Crippen LogP contribution is -2.20. The fourth-order valence-electron chi connectivity index (χ4n) is 2.70. The summed E-state index contributed by atoms with van der Waals surface area (Å²) in [5, 5.41) is 14.7. The van der Waals surface area contributed by atoms with E-state index in [4.69, 9.17) is 4.98 Å². The van der Waals surface area contributed by atoms with Crippen LogP contribution in [-0.2, 0) is 0 Å². The lowest BCUT2D eigenvalue weighted by atomic mass is 10.2. The van der Waals surface area contributed by atoms with Crippen LogP contribution in [0.25, 0.3) is 10.9 Å². The summed E-state index contributed by atoms with van der Waals surface area (Å²) in [5.41, 5.74) is 6.26. The molecular weight excluding hydrogens is 348 g/mol. The van der Waals surface area contributed by atoms with Crippen molar-refractivity contribution in [3.05, 3.63) is 102 Å². The lowest BCUT2D eigenvalue weighted by Gasteiger charge is -2.07. The van der Waals surface area contributed by atoms with Crippen LogP contribution in [0.5, 0.6) is 5.75 Å². The van der Waals surface area contributed by atoms with Gasteiger partial charge in [0.25, 0.3) is 0 Å².